The van der Waals surface area contributed by atoms with Gasteiger partial charge in [-0.2, -0.15) is 0 Å². The fourth-order valence-corrected chi connectivity index (χ4v) is 10.7. The van der Waals surface area contributed by atoms with Gasteiger partial charge in [-0.1, -0.05) is 196 Å². The number of para-hydroxylation sites is 4. The summed E-state index contributed by atoms with van der Waals surface area (Å²) in [5.74, 6) is 0.688. The van der Waals surface area contributed by atoms with Crippen molar-refractivity contribution in [3.63, 3.8) is 0 Å². The van der Waals surface area contributed by atoms with Crippen molar-refractivity contribution in [1.29, 1.82) is 0 Å². The highest BCUT2D eigenvalue weighted by Crippen LogP contribution is 2.53. The van der Waals surface area contributed by atoms with Crippen LogP contribution in [0.3, 0.4) is 0 Å². The first-order valence-corrected chi connectivity index (χ1v) is 23.1. The molecular weight excluding hydrogens is 813 g/mol. The third-order valence-corrected chi connectivity index (χ3v) is 14.0. The van der Waals surface area contributed by atoms with Crippen LogP contribution in [0.4, 0.5) is 17.1 Å². The zero-order valence-corrected chi connectivity index (χ0v) is 37.2. The maximum absolute atomic E-state index is 5.37. The minimum atomic E-state index is -0.202. The van der Waals surface area contributed by atoms with Gasteiger partial charge in [-0.15, -0.1) is 0 Å². The maximum atomic E-state index is 5.37. The molecule has 1 aliphatic rings. The number of hydrogen-bond donors (Lipinski definition) is 0. The third-order valence-electron chi connectivity index (χ3n) is 14.0. The van der Waals surface area contributed by atoms with Crippen LogP contribution < -0.4 is 4.90 Å². The van der Waals surface area contributed by atoms with E-state index in [0.717, 1.165) is 55.7 Å². The molecule has 0 atom stereocenters. The van der Waals surface area contributed by atoms with Gasteiger partial charge in [0.25, 0.3) is 0 Å². The van der Waals surface area contributed by atoms with Crippen LogP contribution in [-0.4, -0.2) is 14.5 Å². The lowest BCUT2D eigenvalue weighted by molar-refractivity contribution is 0.632. The smallest absolute Gasteiger partial charge is 0.160 e. The Kier molecular flexibility index (Phi) is 8.84. The summed E-state index contributed by atoms with van der Waals surface area (Å²) in [6.45, 7) is 4.71. The van der Waals surface area contributed by atoms with E-state index in [9.17, 15) is 0 Å². The second-order valence-electron chi connectivity index (χ2n) is 18.2. The highest BCUT2D eigenvalue weighted by Gasteiger charge is 2.37. The lowest BCUT2D eigenvalue weighted by Gasteiger charge is -2.42. The maximum Gasteiger partial charge on any atom is 0.160 e. The SMILES string of the molecule is CC1(C)c2ccccc2N(c2ccccc2)c2cc(-c3cccc4c5c6ccccc6ccc5n(-c5cccc(-c6nc(-c7ccc(-c8ccccc8)cc7)c7ccccc7n6)c5)c34)ccc21. The summed E-state index contributed by atoms with van der Waals surface area (Å²) in [6.07, 6.45) is 0. The zero-order chi connectivity index (χ0) is 44.6. The molecule has 0 radical (unpaired) electrons. The van der Waals surface area contributed by atoms with Gasteiger partial charge in [-0.3, -0.25) is 0 Å². The average molecular weight is 857 g/mol. The van der Waals surface area contributed by atoms with Crippen LogP contribution in [0.15, 0.2) is 231 Å². The predicted octanol–water partition coefficient (Wildman–Crippen LogP) is 16.7. The molecule has 0 saturated carbocycles. The molecule has 0 fully saturated rings. The molecule has 0 unspecified atom stereocenters. The van der Waals surface area contributed by atoms with Crippen LogP contribution in [0.1, 0.15) is 25.0 Å². The van der Waals surface area contributed by atoms with Crippen LogP contribution in [0.2, 0.25) is 0 Å². The molecule has 316 valence electrons. The van der Waals surface area contributed by atoms with Crippen molar-refractivity contribution in [3.8, 4) is 50.6 Å². The second-order valence-corrected chi connectivity index (χ2v) is 18.2. The molecular formula is C63H44N4. The molecule has 1 aliphatic heterocycles. The van der Waals surface area contributed by atoms with Gasteiger partial charge in [0.05, 0.1) is 33.6 Å². The number of nitrogens with zero attached hydrogens (tertiary/aromatic N) is 4. The van der Waals surface area contributed by atoms with Crippen LogP contribution in [0, 0.1) is 0 Å². The van der Waals surface area contributed by atoms with Gasteiger partial charge in [0.1, 0.15) is 0 Å². The number of rotatable bonds is 6. The number of aromatic nitrogens is 3. The van der Waals surface area contributed by atoms with Crippen molar-refractivity contribution in [1.82, 2.24) is 14.5 Å². The van der Waals surface area contributed by atoms with Crippen molar-refractivity contribution in [2.45, 2.75) is 19.3 Å². The van der Waals surface area contributed by atoms with Crippen LogP contribution in [0.25, 0.3) is 94.1 Å². The minimum absolute atomic E-state index is 0.202. The van der Waals surface area contributed by atoms with E-state index < -0.39 is 0 Å². The van der Waals surface area contributed by atoms with Gasteiger partial charge in [0.15, 0.2) is 5.82 Å². The number of hydrogen-bond acceptors (Lipinski definition) is 3. The van der Waals surface area contributed by atoms with Gasteiger partial charge in [-0.05, 0) is 87.1 Å². The van der Waals surface area contributed by atoms with E-state index in [0.29, 0.717) is 5.82 Å². The summed E-state index contributed by atoms with van der Waals surface area (Å²) in [5.41, 5.74) is 17.8. The Hall–Kier alpha value is -8.60. The molecule has 0 amide bonds. The first kappa shape index (κ1) is 38.8. The van der Waals surface area contributed by atoms with Crippen molar-refractivity contribution >= 4 is 60.5 Å². The van der Waals surface area contributed by atoms with E-state index in [1.165, 1.54) is 60.7 Å². The van der Waals surface area contributed by atoms with E-state index in [4.69, 9.17) is 9.97 Å². The number of fused-ring (bicyclic) bond motifs is 8. The zero-order valence-electron chi connectivity index (χ0n) is 37.2. The first-order valence-electron chi connectivity index (χ1n) is 23.1. The second kappa shape index (κ2) is 15.3. The number of benzene rings is 10. The van der Waals surface area contributed by atoms with Gasteiger partial charge >= 0.3 is 0 Å². The molecule has 4 nitrogen and oxygen atoms in total. The average Bonchev–Trinajstić information content (AvgIpc) is 3.74. The summed E-state index contributed by atoms with van der Waals surface area (Å²) < 4.78 is 2.47. The molecule has 0 spiro atoms. The molecule has 10 aromatic carbocycles. The molecule has 12 aromatic rings. The fourth-order valence-electron chi connectivity index (χ4n) is 10.7. The van der Waals surface area contributed by atoms with Gasteiger partial charge < -0.3 is 9.47 Å². The quantitative estimate of drug-likeness (QED) is 0.167. The molecule has 4 heteroatoms. The minimum Gasteiger partial charge on any atom is -0.310 e. The molecule has 13 rings (SSSR count). The lowest BCUT2D eigenvalue weighted by atomic mass is 9.73. The highest BCUT2D eigenvalue weighted by atomic mass is 15.2. The van der Waals surface area contributed by atoms with E-state index in [2.05, 4.69) is 254 Å². The van der Waals surface area contributed by atoms with Crippen molar-refractivity contribution in [3.05, 3.63) is 242 Å². The summed E-state index contributed by atoms with van der Waals surface area (Å²) in [6, 6.07) is 83.3. The van der Waals surface area contributed by atoms with Gasteiger partial charge in [0, 0.05) is 49.6 Å². The monoisotopic (exact) mass is 856 g/mol. The van der Waals surface area contributed by atoms with Crippen molar-refractivity contribution < 1.29 is 0 Å². The fraction of sp³-hybridized carbons (Fsp3) is 0.0476. The van der Waals surface area contributed by atoms with Gasteiger partial charge in [-0.25, -0.2) is 9.97 Å². The largest absolute Gasteiger partial charge is 0.310 e. The standard InChI is InChI=1S/C63H44N4/c1-63(2)53-28-12-14-30-56(53)66(47-21-7-4-8-22-47)58-40-45(35-37-54(58)63)50-26-16-27-52-59-49-24-10-9-19-43(49)36-38-57(59)67(61(50)52)48-23-15-20-46(39-48)62-64-55-29-13-11-25-51(55)60(65-62)44-33-31-42(32-34-44)41-17-5-3-6-18-41/h3-40H,1-2H3. The van der Waals surface area contributed by atoms with Gasteiger partial charge in [0.2, 0.25) is 0 Å². The predicted molar refractivity (Wildman–Crippen MR) is 280 cm³/mol. The Balaban J connectivity index is 1.02. The van der Waals surface area contributed by atoms with E-state index >= 15 is 0 Å². The van der Waals surface area contributed by atoms with Crippen LogP contribution in [-0.2, 0) is 5.41 Å². The normalized spacial score (nSPS) is 13.0. The van der Waals surface area contributed by atoms with Crippen LogP contribution in [0.5, 0.6) is 0 Å². The van der Waals surface area contributed by atoms with E-state index in [1.54, 1.807) is 0 Å². The summed E-state index contributed by atoms with van der Waals surface area (Å²) in [5, 5.41) is 5.92. The molecule has 0 N–H and O–H groups in total. The van der Waals surface area contributed by atoms with E-state index in [1.807, 2.05) is 0 Å². The highest BCUT2D eigenvalue weighted by molar-refractivity contribution is 6.23. The van der Waals surface area contributed by atoms with Crippen molar-refractivity contribution in [2.75, 3.05) is 4.90 Å². The Labute approximate surface area is 389 Å². The third kappa shape index (κ3) is 6.21. The molecule has 0 aliphatic carbocycles. The molecule has 0 saturated heterocycles. The van der Waals surface area contributed by atoms with Crippen molar-refractivity contribution in [2.24, 2.45) is 0 Å². The summed E-state index contributed by atoms with van der Waals surface area (Å²) >= 11 is 0. The molecule has 67 heavy (non-hydrogen) atoms. The lowest BCUT2D eigenvalue weighted by Crippen LogP contribution is -2.30. The Bertz CT molecular complexity index is 3890. The molecule has 2 aromatic heterocycles. The topological polar surface area (TPSA) is 34.0 Å². The summed E-state index contributed by atoms with van der Waals surface area (Å²) in [4.78, 5) is 13.0. The Morgan fingerprint density at radius 2 is 1.03 bits per heavy atom. The molecule has 3 heterocycles. The summed E-state index contributed by atoms with van der Waals surface area (Å²) in [7, 11) is 0. The Morgan fingerprint density at radius 3 is 1.88 bits per heavy atom. The van der Waals surface area contributed by atoms with Crippen LogP contribution >= 0.6 is 0 Å². The first-order chi connectivity index (χ1) is 33.0. The Morgan fingerprint density at radius 1 is 0.403 bits per heavy atom. The molecule has 0 bridgehead atoms. The number of anilines is 3. The van der Waals surface area contributed by atoms with E-state index in [-0.39, 0.29) is 5.41 Å².